The Bertz CT molecular complexity index is 1800. The van der Waals surface area contributed by atoms with Crippen molar-refractivity contribution in [3.05, 3.63) is 102 Å². The van der Waals surface area contributed by atoms with Crippen LogP contribution in [0, 0.1) is 6.92 Å². The summed E-state index contributed by atoms with van der Waals surface area (Å²) in [5.74, 6) is 2.39. The van der Waals surface area contributed by atoms with Gasteiger partial charge in [-0.25, -0.2) is 29.6 Å². The quantitative estimate of drug-likeness (QED) is 0.257. The Morgan fingerprint density at radius 2 is 1.73 bits per heavy atom. The van der Waals surface area contributed by atoms with E-state index in [0.29, 0.717) is 30.8 Å². The van der Waals surface area contributed by atoms with Crippen molar-refractivity contribution in [1.82, 2.24) is 39.3 Å². The van der Waals surface area contributed by atoms with Crippen LogP contribution in [0.25, 0.3) is 33.8 Å². The number of hydrogen-bond donors (Lipinski definition) is 0. The van der Waals surface area contributed by atoms with E-state index in [1.165, 1.54) is 0 Å². The van der Waals surface area contributed by atoms with Crippen LogP contribution in [0.1, 0.15) is 41.3 Å². The molecule has 7 rings (SSSR count). The molecule has 0 radical (unpaired) electrons. The summed E-state index contributed by atoms with van der Waals surface area (Å²) in [7, 11) is 2.01. The Balaban J connectivity index is 1.21. The molecule has 2 aromatic carbocycles. The molecule has 1 saturated carbocycles. The van der Waals surface area contributed by atoms with Gasteiger partial charge in [-0.05, 0) is 30.9 Å². The molecular formula is C31H28N8O. The Morgan fingerprint density at radius 3 is 2.48 bits per heavy atom. The molecule has 1 aliphatic rings. The summed E-state index contributed by atoms with van der Waals surface area (Å²) in [5, 5.41) is 5.50. The van der Waals surface area contributed by atoms with E-state index in [4.69, 9.17) is 14.7 Å². The van der Waals surface area contributed by atoms with E-state index >= 15 is 0 Å². The van der Waals surface area contributed by atoms with Crippen LogP contribution in [-0.2, 0) is 20.2 Å². The average molecular weight is 529 g/mol. The average Bonchev–Trinajstić information content (AvgIpc) is 3.68. The van der Waals surface area contributed by atoms with E-state index in [1.54, 1.807) is 12.5 Å². The summed E-state index contributed by atoms with van der Waals surface area (Å²) in [5.41, 5.74) is 6.74. The van der Waals surface area contributed by atoms with E-state index in [9.17, 15) is 0 Å². The molecule has 1 fully saturated rings. The van der Waals surface area contributed by atoms with Gasteiger partial charge in [0.15, 0.2) is 11.5 Å². The molecule has 0 aliphatic heterocycles. The van der Waals surface area contributed by atoms with Crippen LogP contribution in [-0.4, -0.2) is 39.3 Å². The molecule has 1 aliphatic carbocycles. The number of fused-ring (bicyclic) bond motifs is 1. The number of ether oxygens (including phenoxy) is 1. The lowest BCUT2D eigenvalue weighted by Gasteiger charge is -2.13. The topological polar surface area (TPSA) is 96.4 Å². The first-order valence-corrected chi connectivity index (χ1v) is 13.4. The monoisotopic (exact) mass is 528 g/mol. The molecule has 6 aromatic rings. The first-order valence-electron chi connectivity index (χ1n) is 13.4. The maximum absolute atomic E-state index is 6.21. The summed E-state index contributed by atoms with van der Waals surface area (Å²) in [6.45, 7) is 2.99. The fraction of sp³-hybridized carbons (Fsp3) is 0.226. The van der Waals surface area contributed by atoms with Gasteiger partial charge in [0, 0.05) is 30.9 Å². The summed E-state index contributed by atoms with van der Waals surface area (Å²) in [6.07, 6.45) is 9.42. The minimum Gasteiger partial charge on any atom is -0.472 e. The number of aromatic nitrogens is 8. The van der Waals surface area contributed by atoms with Crippen molar-refractivity contribution in [1.29, 1.82) is 0 Å². The van der Waals surface area contributed by atoms with E-state index in [0.717, 1.165) is 63.3 Å². The molecule has 198 valence electrons. The lowest BCUT2D eigenvalue weighted by molar-refractivity contribution is 0.294. The molecule has 4 heterocycles. The zero-order valence-electron chi connectivity index (χ0n) is 22.4. The number of aryl methyl sites for hydroxylation is 2. The maximum atomic E-state index is 6.21. The van der Waals surface area contributed by atoms with Gasteiger partial charge in [0.05, 0.1) is 29.5 Å². The molecular weight excluding hydrogens is 500 g/mol. The molecule has 9 heteroatoms. The standard InChI is InChI=1S/C31H28N8O/c1-20-16-38(2)29(36-20)24-10-8-21(9-11-24)17-39-30-25(15-35-39)14-32-28(37-30)26-27(23-12-13-23)33-19-34-31(26)40-18-22-6-4-3-5-7-22/h3-11,14-16,19,23H,12-13,17-18H2,1-2H3. The summed E-state index contributed by atoms with van der Waals surface area (Å²) in [6, 6.07) is 18.5. The van der Waals surface area contributed by atoms with Crippen molar-refractivity contribution in [2.24, 2.45) is 7.05 Å². The fourth-order valence-electron chi connectivity index (χ4n) is 5.01. The van der Waals surface area contributed by atoms with Gasteiger partial charge in [0.25, 0.3) is 0 Å². The van der Waals surface area contributed by atoms with Crippen LogP contribution in [0.15, 0.2) is 79.5 Å². The smallest absolute Gasteiger partial charge is 0.228 e. The van der Waals surface area contributed by atoms with Crippen LogP contribution in [0.4, 0.5) is 0 Å². The first-order chi connectivity index (χ1) is 19.6. The third-order valence-electron chi connectivity index (χ3n) is 7.17. The van der Waals surface area contributed by atoms with Crippen molar-refractivity contribution in [2.45, 2.75) is 38.8 Å². The third-order valence-corrected chi connectivity index (χ3v) is 7.17. The minimum atomic E-state index is 0.377. The second-order valence-corrected chi connectivity index (χ2v) is 10.3. The Labute approximate surface area is 231 Å². The van der Waals surface area contributed by atoms with Crippen molar-refractivity contribution in [3.8, 4) is 28.7 Å². The highest BCUT2D eigenvalue weighted by atomic mass is 16.5. The first kappa shape index (κ1) is 24.1. The number of hydrogen-bond acceptors (Lipinski definition) is 7. The molecule has 4 aromatic heterocycles. The number of benzene rings is 2. The van der Waals surface area contributed by atoms with Crippen LogP contribution < -0.4 is 4.74 Å². The van der Waals surface area contributed by atoms with Crippen molar-refractivity contribution < 1.29 is 4.74 Å². The third kappa shape index (κ3) is 4.70. The van der Waals surface area contributed by atoms with E-state index in [1.807, 2.05) is 65.9 Å². The molecule has 0 amide bonds. The molecule has 0 spiro atoms. The van der Waals surface area contributed by atoms with Gasteiger partial charge >= 0.3 is 0 Å². The Kier molecular flexibility index (Phi) is 6.03. The predicted molar refractivity (Wildman–Crippen MR) is 152 cm³/mol. The number of imidazole rings is 1. The Hall–Kier alpha value is -4.92. The highest BCUT2D eigenvalue weighted by Gasteiger charge is 2.31. The summed E-state index contributed by atoms with van der Waals surface area (Å²) in [4.78, 5) is 23.5. The molecule has 0 bridgehead atoms. The number of rotatable bonds is 8. The fourth-order valence-corrected chi connectivity index (χ4v) is 5.01. The molecule has 0 unspecified atom stereocenters. The van der Waals surface area contributed by atoms with E-state index in [-0.39, 0.29) is 0 Å². The largest absolute Gasteiger partial charge is 0.472 e. The zero-order chi connectivity index (χ0) is 27.1. The van der Waals surface area contributed by atoms with Gasteiger partial charge in [-0.15, -0.1) is 0 Å². The van der Waals surface area contributed by atoms with Gasteiger partial charge in [-0.3, -0.25) is 0 Å². The van der Waals surface area contributed by atoms with Gasteiger partial charge in [0.2, 0.25) is 5.88 Å². The van der Waals surface area contributed by atoms with Crippen molar-refractivity contribution in [2.75, 3.05) is 0 Å². The lowest BCUT2D eigenvalue weighted by atomic mass is 10.1. The van der Waals surface area contributed by atoms with Crippen molar-refractivity contribution in [3.63, 3.8) is 0 Å². The minimum absolute atomic E-state index is 0.377. The van der Waals surface area contributed by atoms with Gasteiger partial charge in [-0.1, -0.05) is 54.6 Å². The molecule has 0 atom stereocenters. The Morgan fingerprint density at radius 1 is 0.900 bits per heavy atom. The second-order valence-electron chi connectivity index (χ2n) is 10.3. The summed E-state index contributed by atoms with van der Waals surface area (Å²) >= 11 is 0. The highest BCUT2D eigenvalue weighted by molar-refractivity contribution is 5.77. The normalized spacial score (nSPS) is 13.2. The SMILES string of the molecule is Cc1cn(C)c(-c2ccc(Cn3ncc4cnc(-c5c(OCc6ccccc6)ncnc5C5CC5)nc43)cc2)n1. The molecule has 40 heavy (non-hydrogen) atoms. The predicted octanol–water partition coefficient (Wildman–Crippen LogP) is 5.50. The van der Waals surface area contributed by atoms with E-state index in [2.05, 4.69) is 44.3 Å². The van der Waals surface area contributed by atoms with Crippen LogP contribution in [0.5, 0.6) is 5.88 Å². The summed E-state index contributed by atoms with van der Waals surface area (Å²) < 4.78 is 10.2. The van der Waals surface area contributed by atoms with Crippen LogP contribution >= 0.6 is 0 Å². The molecule has 0 saturated heterocycles. The zero-order valence-corrected chi connectivity index (χ0v) is 22.4. The van der Waals surface area contributed by atoms with Crippen LogP contribution in [0.3, 0.4) is 0 Å². The van der Waals surface area contributed by atoms with Gasteiger partial charge in [-0.2, -0.15) is 5.10 Å². The van der Waals surface area contributed by atoms with E-state index < -0.39 is 0 Å². The van der Waals surface area contributed by atoms with Crippen LogP contribution in [0.2, 0.25) is 0 Å². The second kappa shape index (κ2) is 10.00. The van der Waals surface area contributed by atoms with Gasteiger partial charge < -0.3 is 9.30 Å². The lowest BCUT2D eigenvalue weighted by Crippen LogP contribution is -2.06. The molecule has 0 N–H and O–H groups in total. The highest BCUT2D eigenvalue weighted by Crippen LogP contribution is 2.45. The number of nitrogens with zero attached hydrogens (tertiary/aromatic N) is 8. The van der Waals surface area contributed by atoms with Crippen molar-refractivity contribution >= 4 is 11.0 Å². The molecule has 9 nitrogen and oxygen atoms in total. The maximum Gasteiger partial charge on any atom is 0.228 e. The van der Waals surface area contributed by atoms with Gasteiger partial charge in [0.1, 0.15) is 24.3 Å².